The molecule has 0 bridgehead atoms. The van der Waals surface area contributed by atoms with Crippen molar-refractivity contribution in [3.05, 3.63) is 66.2 Å². The van der Waals surface area contributed by atoms with Gasteiger partial charge in [-0.05, 0) is 36.4 Å². The number of aryl methyl sites for hydroxylation is 2. The molecule has 37 heavy (non-hydrogen) atoms. The molecule has 0 atom stereocenters. The first-order valence-corrected chi connectivity index (χ1v) is 13.3. The molecule has 0 fully saturated rings. The van der Waals surface area contributed by atoms with Crippen molar-refractivity contribution in [2.24, 2.45) is 14.1 Å². The Morgan fingerprint density at radius 2 is 1.41 bits per heavy atom. The molecule has 15 heteroatoms. The summed E-state index contributed by atoms with van der Waals surface area (Å²) in [6.45, 7) is 0. The van der Waals surface area contributed by atoms with Gasteiger partial charge in [0.2, 0.25) is 0 Å². The molecule has 194 valence electrons. The van der Waals surface area contributed by atoms with E-state index in [1.807, 2.05) is 0 Å². The summed E-state index contributed by atoms with van der Waals surface area (Å²) in [6.07, 6.45) is 3.09. The Labute approximate surface area is 211 Å². The van der Waals surface area contributed by atoms with Crippen molar-refractivity contribution in [2.75, 3.05) is 16.4 Å². The van der Waals surface area contributed by atoms with Gasteiger partial charge in [0.05, 0.1) is 16.3 Å². The Balaban J connectivity index is 1.67. The number of carbonyl (C=O) groups is 2. The van der Waals surface area contributed by atoms with Gasteiger partial charge < -0.3 is 25.5 Å². The lowest BCUT2D eigenvalue weighted by molar-refractivity contribution is 0.101. The van der Waals surface area contributed by atoms with E-state index in [2.05, 4.69) is 10.6 Å². The number of carbonyl (C=O) groups excluding carboxylic acids is 2. The highest BCUT2D eigenvalue weighted by Crippen LogP contribution is 2.32. The standard InChI is InChI=1S/C22H21N5O8S2/c1-26-10-12(23)7-18(26)21(28)24-13-8-19(27(2)11-13)22(29)25-17-5-6-20(37(33,34)35)16-9-14(36(30,31)32)3-4-15(16)17/h3-11H,23H2,1-2H3,(H,24,28)(H,25,29)(H,30,31,32)(H,33,34,35). The fraction of sp³-hybridized carbons (Fsp3) is 0.0909. The van der Waals surface area contributed by atoms with Crippen LogP contribution in [-0.4, -0.2) is 46.9 Å². The van der Waals surface area contributed by atoms with E-state index >= 15 is 0 Å². The first-order valence-electron chi connectivity index (χ1n) is 10.4. The lowest BCUT2D eigenvalue weighted by Gasteiger charge is -2.12. The predicted octanol–water partition coefficient (Wildman–Crippen LogP) is 2.10. The van der Waals surface area contributed by atoms with Crippen LogP contribution in [-0.2, 0) is 34.3 Å². The van der Waals surface area contributed by atoms with E-state index in [9.17, 15) is 35.5 Å². The second-order valence-corrected chi connectivity index (χ2v) is 11.0. The first kappa shape index (κ1) is 25.9. The molecule has 4 aromatic rings. The molecule has 0 spiro atoms. The molecule has 2 amide bonds. The SMILES string of the molecule is Cn1cc(N)cc1C(=O)Nc1cc(C(=O)Nc2ccc(S(=O)(=O)O)c3cc(S(=O)(=O)O)ccc23)n(C)c1. The second-order valence-electron chi connectivity index (χ2n) is 8.17. The average Bonchev–Trinajstić information content (AvgIpc) is 3.32. The number of rotatable bonds is 6. The molecule has 2 heterocycles. The van der Waals surface area contributed by atoms with Crippen LogP contribution in [0.3, 0.4) is 0 Å². The summed E-state index contributed by atoms with van der Waals surface area (Å²) in [5, 5.41) is 5.13. The van der Waals surface area contributed by atoms with Crippen LogP contribution in [0.5, 0.6) is 0 Å². The normalized spacial score (nSPS) is 12.0. The highest BCUT2D eigenvalue weighted by atomic mass is 32.2. The molecular weight excluding hydrogens is 526 g/mol. The van der Waals surface area contributed by atoms with E-state index < -0.39 is 41.8 Å². The lowest BCUT2D eigenvalue weighted by Crippen LogP contribution is -2.16. The monoisotopic (exact) mass is 547 g/mol. The third kappa shape index (κ3) is 5.19. The Bertz CT molecular complexity index is 1800. The summed E-state index contributed by atoms with van der Waals surface area (Å²) in [5.74, 6) is -1.08. The Morgan fingerprint density at radius 1 is 0.784 bits per heavy atom. The van der Waals surface area contributed by atoms with Crippen LogP contribution in [0.2, 0.25) is 0 Å². The largest absolute Gasteiger partial charge is 0.397 e. The van der Waals surface area contributed by atoms with Crippen molar-refractivity contribution >= 4 is 59.9 Å². The number of fused-ring (bicyclic) bond motifs is 1. The first-order chi connectivity index (χ1) is 17.1. The number of nitrogens with zero attached hydrogens (tertiary/aromatic N) is 2. The molecule has 4 rings (SSSR count). The van der Waals surface area contributed by atoms with Crippen LogP contribution in [0.1, 0.15) is 21.0 Å². The van der Waals surface area contributed by atoms with Crippen molar-refractivity contribution in [1.29, 1.82) is 0 Å². The summed E-state index contributed by atoms with van der Waals surface area (Å²) in [4.78, 5) is 24.4. The van der Waals surface area contributed by atoms with Crippen molar-refractivity contribution in [2.45, 2.75) is 9.79 Å². The van der Waals surface area contributed by atoms with Gasteiger partial charge in [-0.2, -0.15) is 16.8 Å². The number of anilines is 3. The van der Waals surface area contributed by atoms with Crippen LogP contribution in [0.15, 0.2) is 64.6 Å². The third-order valence-electron chi connectivity index (χ3n) is 5.53. The zero-order chi connectivity index (χ0) is 27.3. The number of hydrogen-bond donors (Lipinski definition) is 5. The molecule has 2 aromatic heterocycles. The number of nitrogens with two attached hydrogens (primary N) is 1. The fourth-order valence-corrected chi connectivity index (χ4v) is 5.04. The van der Waals surface area contributed by atoms with Gasteiger partial charge >= 0.3 is 0 Å². The van der Waals surface area contributed by atoms with E-state index in [0.717, 1.165) is 18.2 Å². The van der Waals surface area contributed by atoms with Gasteiger partial charge in [0.1, 0.15) is 16.3 Å². The minimum absolute atomic E-state index is 0.0832. The molecule has 6 N–H and O–H groups in total. The van der Waals surface area contributed by atoms with Gasteiger partial charge in [0.15, 0.2) is 0 Å². The zero-order valence-corrected chi connectivity index (χ0v) is 21.0. The summed E-state index contributed by atoms with van der Waals surface area (Å²) in [5.41, 5.74) is 6.97. The summed E-state index contributed by atoms with van der Waals surface area (Å²) >= 11 is 0. The minimum Gasteiger partial charge on any atom is -0.397 e. The quantitative estimate of drug-likeness (QED) is 0.224. The van der Waals surface area contributed by atoms with Crippen molar-refractivity contribution in [1.82, 2.24) is 9.13 Å². The van der Waals surface area contributed by atoms with Crippen molar-refractivity contribution < 1.29 is 35.5 Å². The van der Waals surface area contributed by atoms with Gasteiger partial charge in [-0.1, -0.05) is 6.07 Å². The average molecular weight is 548 g/mol. The van der Waals surface area contributed by atoms with E-state index in [0.29, 0.717) is 17.1 Å². The predicted molar refractivity (Wildman–Crippen MR) is 135 cm³/mol. The number of nitrogens with one attached hydrogen (secondary N) is 2. The van der Waals surface area contributed by atoms with E-state index in [1.165, 1.54) is 35.0 Å². The molecular formula is C22H21N5O8S2. The van der Waals surface area contributed by atoms with E-state index in [4.69, 9.17) is 5.73 Å². The smallest absolute Gasteiger partial charge is 0.295 e. The van der Waals surface area contributed by atoms with Gasteiger partial charge in [0.25, 0.3) is 32.1 Å². The second kappa shape index (κ2) is 9.04. The Hall–Kier alpha value is -4.18. The zero-order valence-electron chi connectivity index (χ0n) is 19.3. The van der Waals surface area contributed by atoms with Crippen molar-refractivity contribution in [3.63, 3.8) is 0 Å². The number of aromatic nitrogens is 2. The lowest BCUT2D eigenvalue weighted by atomic mass is 10.1. The molecule has 0 saturated carbocycles. The maximum Gasteiger partial charge on any atom is 0.295 e. The van der Waals surface area contributed by atoms with Crippen molar-refractivity contribution in [3.8, 4) is 0 Å². The fourth-order valence-electron chi connectivity index (χ4n) is 3.85. The summed E-state index contributed by atoms with van der Waals surface area (Å²) < 4.78 is 68.7. The number of nitrogen functional groups attached to an aromatic ring is 1. The van der Waals surface area contributed by atoms with Crippen LogP contribution in [0, 0.1) is 0 Å². The minimum atomic E-state index is -4.77. The number of benzene rings is 2. The highest BCUT2D eigenvalue weighted by molar-refractivity contribution is 7.86. The number of amides is 2. The molecule has 0 aliphatic carbocycles. The Kier molecular flexibility index (Phi) is 6.33. The maximum atomic E-state index is 13.0. The summed E-state index contributed by atoms with van der Waals surface area (Å²) in [7, 11) is -6.22. The molecule has 0 aliphatic heterocycles. The van der Waals surface area contributed by atoms with Gasteiger partial charge in [-0.3, -0.25) is 18.7 Å². The Morgan fingerprint density at radius 3 is 2.00 bits per heavy atom. The van der Waals surface area contributed by atoms with Gasteiger partial charge in [-0.25, -0.2) is 0 Å². The summed E-state index contributed by atoms with van der Waals surface area (Å²) in [6, 6.07) is 8.21. The van der Waals surface area contributed by atoms with Crippen LogP contribution < -0.4 is 16.4 Å². The third-order valence-corrected chi connectivity index (χ3v) is 7.29. The molecule has 0 radical (unpaired) electrons. The molecule has 0 aliphatic rings. The van der Waals surface area contributed by atoms with Gasteiger partial charge in [-0.15, -0.1) is 0 Å². The highest BCUT2D eigenvalue weighted by Gasteiger charge is 2.21. The molecule has 2 aromatic carbocycles. The molecule has 13 nitrogen and oxygen atoms in total. The number of hydrogen-bond acceptors (Lipinski definition) is 7. The topological polar surface area (TPSA) is 203 Å². The van der Waals surface area contributed by atoms with Crippen LogP contribution in [0.4, 0.5) is 17.1 Å². The molecule has 0 unspecified atom stereocenters. The molecule has 0 saturated heterocycles. The van der Waals surface area contributed by atoms with Crippen LogP contribution >= 0.6 is 0 Å². The van der Waals surface area contributed by atoms with Crippen LogP contribution in [0.25, 0.3) is 10.8 Å². The maximum absolute atomic E-state index is 13.0. The van der Waals surface area contributed by atoms with Gasteiger partial charge in [0, 0.05) is 42.9 Å². The van der Waals surface area contributed by atoms with E-state index in [1.54, 1.807) is 24.9 Å². The van der Waals surface area contributed by atoms with E-state index in [-0.39, 0.29) is 22.2 Å².